The zero-order valence-corrected chi connectivity index (χ0v) is 18.3. The van der Waals surface area contributed by atoms with E-state index in [4.69, 9.17) is 9.47 Å². The van der Waals surface area contributed by atoms with Crippen molar-refractivity contribution in [1.29, 1.82) is 0 Å². The molecule has 0 aliphatic carbocycles. The van der Waals surface area contributed by atoms with Crippen LogP contribution in [0.25, 0.3) is 17.8 Å². The molecule has 1 aromatic carbocycles. The second kappa shape index (κ2) is 10.7. The van der Waals surface area contributed by atoms with E-state index in [1.165, 1.54) is 6.07 Å². The van der Waals surface area contributed by atoms with Gasteiger partial charge in [-0.15, -0.1) is 0 Å². The van der Waals surface area contributed by atoms with Gasteiger partial charge in [0, 0.05) is 11.8 Å². The molecule has 3 rings (SSSR count). The van der Waals surface area contributed by atoms with Crippen LogP contribution >= 0.6 is 0 Å². The van der Waals surface area contributed by atoms with Crippen molar-refractivity contribution < 1.29 is 27.8 Å². The maximum Gasteiger partial charge on any atom is 0.387 e. The van der Waals surface area contributed by atoms with E-state index in [0.29, 0.717) is 29.4 Å². The van der Waals surface area contributed by atoms with Crippen LogP contribution in [0.5, 0.6) is 11.5 Å². The van der Waals surface area contributed by atoms with Gasteiger partial charge in [0.05, 0.1) is 18.9 Å². The van der Waals surface area contributed by atoms with Gasteiger partial charge in [-0.3, -0.25) is 4.40 Å². The summed E-state index contributed by atoms with van der Waals surface area (Å²) < 4.78 is 43.1. The molecule has 0 spiro atoms. The molecule has 2 heterocycles. The molecule has 0 aliphatic rings. The standard InChI is InChI=1S/C24H26F2N2O4/c1-4-30-23(29)21-18(27-20-10-5-6-14-28(20)21)12-11-17-8-7-9-19(32-24(25)26)22(17)31-15-13-16(2)3/h5-12,14,16,24H,4,13,15H2,1-3H3/b12-11+. The highest BCUT2D eigenvalue weighted by molar-refractivity contribution is 5.94. The van der Waals surface area contributed by atoms with Crippen LogP contribution in [0.15, 0.2) is 42.6 Å². The molecule has 0 atom stereocenters. The Balaban J connectivity index is 2.00. The lowest BCUT2D eigenvalue weighted by atomic mass is 10.1. The van der Waals surface area contributed by atoms with E-state index in [0.717, 1.165) is 6.42 Å². The van der Waals surface area contributed by atoms with Gasteiger partial charge in [0.15, 0.2) is 17.2 Å². The number of esters is 1. The maximum atomic E-state index is 12.9. The summed E-state index contributed by atoms with van der Waals surface area (Å²) in [7, 11) is 0. The Morgan fingerprint density at radius 1 is 1.16 bits per heavy atom. The van der Waals surface area contributed by atoms with Crippen LogP contribution in [0.2, 0.25) is 0 Å². The molecule has 0 bridgehead atoms. The van der Waals surface area contributed by atoms with E-state index < -0.39 is 12.6 Å². The molecule has 0 saturated carbocycles. The number of para-hydroxylation sites is 1. The van der Waals surface area contributed by atoms with E-state index in [1.54, 1.807) is 53.9 Å². The monoisotopic (exact) mass is 444 g/mol. The van der Waals surface area contributed by atoms with Gasteiger partial charge in [-0.2, -0.15) is 8.78 Å². The fourth-order valence-electron chi connectivity index (χ4n) is 3.11. The molecule has 2 aromatic heterocycles. The van der Waals surface area contributed by atoms with Gasteiger partial charge < -0.3 is 14.2 Å². The van der Waals surface area contributed by atoms with Gasteiger partial charge in [-0.25, -0.2) is 9.78 Å². The zero-order chi connectivity index (χ0) is 23.1. The van der Waals surface area contributed by atoms with Crippen molar-refractivity contribution in [2.45, 2.75) is 33.8 Å². The quantitative estimate of drug-likeness (QED) is 0.375. The molecule has 0 fully saturated rings. The minimum absolute atomic E-state index is 0.0495. The highest BCUT2D eigenvalue weighted by atomic mass is 19.3. The number of hydrogen-bond acceptors (Lipinski definition) is 5. The molecule has 0 saturated heterocycles. The minimum atomic E-state index is -2.98. The topological polar surface area (TPSA) is 62.1 Å². The van der Waals surface area contributed by atoms with Gasteiger partial charge in [-0.05, 0) is 49.6 Å². The van der Waals surface area contributed by atoms with Gasteiger partial charge in [0.1, 0.15) is 5.65 Å². The Hall–Kier alpha value is -3.42. The van der Waals surface area contributed by atoms with Crippen LogP contribution in [-0.2, 0) is 4.74 Å². The molecule has 0 unspecified atom stereocenters. The summed E-state index contributed by atoms with van der Waals surface area (Å²) in [6.07, 6.45) is 5.78. The normalized spacial score (nSPS) is 11.6. The van der Waals surface area contributed by atoms with Crippen molar-refractivity contribution in [1.82, 2.24) is 9.38 Å². The number of ether oxygens (including phenoxy) is 3. The summed E-state index contributed by atoms with van der Waals surface area (Å²) >= 11 is 0. The molecule has 6 nitrogen and oxygen atoms in total. The lowest BCUT2D eigenvalue weighted by Gasteiger charge is -2.15. The van der Waals surface area contributed by atoms with E-state index in [1.807, 2.05) is 19.9 Å². The first-order valence-corrected chi connectivity index (χ1v) is 10.4. The largest absolute Gasteiger partial charge is 0.489 e. The molecule has 0 radical (unpaired) electrons. The Kier molecular flexibility index (Phi) is 7.81. The summed E-state index contributed by atoms with van der Waals surface area (Å²) in [6.45, 7) is 3.42. The number of alkyl halides is 2. The number of carbonyl (C=O) groups is 1. The van der Waals surface area contributed by atoms with Gasteiger partial charge >= 0.3 is 12.6 Å². The number of aromatic nitrogens is 2. The van der Waals surface area contributed by atoms with Crippen molar-refractivity contribution in [3.05, 3.63) is 59.5 Å². The maximum absolute atomic E-state index is 12.9. The lowest BCUT2D eigenvalue weighted by molar-refractivity contribution is -0.0515. The number of carbonyl (C=O) groups excluding carboxylic acids is 1. The third kappa shape index (κ3) is 5.63. The van der Waals surface area contributed by atoms with Gasteiger partial charge in [0.2, 0.25) is 0 Å². The number of fused-ring (bicyclic) bond motifs is 1. The summed E-state index contributed by atoms with van der Waals surface area (Å²) in [6, 6.07) is 10.1. The van der Waals surface area contributed by atoms with Crippen LogP contribution in [0.1, 0.15) is 48.9 Å². The third-order valence-electron chi connectivity index (χ3n) is 4.61. The van der Waals surface area contributed by atoms with Crippen molar-refractivity contribution in [2.75, 3.05) is 13.2 Å². The molecule has 0 aliphatic heterocycles. The summed E-state index contributed by atoms with van der Waals surface area (Å²) in [5, 5.41) is 0. The highest BCUT2D eigenvalue weighted by Crippen LogP contribution is 2.34. The van der Waals surface area contributed by atoms with E-state index >= 15 is 0 Å². The predicted octanol–water partition coefficient (Wildman–Crippen LogP) is 5.71. The smallest absolute Gasteiger partial charge is 0.387 e. The average Bonchev–Trinajstić information content (AvgIpc) is 3.11. The number of benzene rings is 1. The highest BCUT2D eigenvalue weighted by Gasteiger charge is 2.19. The Morgan fingerprint density at radius 2 is 1.97 bits per heavy atom. The first kappa shape index (κ1) is 23.2. The summed E-state index contributed by atoms with van der Waals surface area (Å²) in [5.74, 6) is 0.0500. The summed E-state index contributed by atoms with van der Waals surface area (Å²) in [5.41, 5.74) is 1.78. The van der Waals surface area contributed by atoms with E-state index in [-0.39, 0.29) is 23.8 Å². The first-order chi connectivity index (χ1) is 15.4. The fourth-order valence-corrected chi connectivity index (χ4v) is 3.11. The van der Waals surface area contributed by atoms with Gasteiger partial charge in [0.25, 0.3) is 0 Å². The van der Waals surface area contributed by atoms with Crippen LogP contribution in [0.3, 0.4) is 0 Å². The third-order valence-corrected chi connectivity index (χ3v) is 4.61. The summed E-state index contributed by atoms with van der Waals surface area (Å²) in [4.78, 5) is 17.1. The minimum Gasteiger partial charge on any atom is -0.489 e. The molecule has 32 heavy (non-hydrogen) atoms. The average molecular weight is 444 g/mol. The van der Waals surface area contributed by atoms with Crippen molar-refractivity contribution in [3.63, 3.8) is 0 Å². The first-order valence-electron chi connectivity index (χ1n) is 10.4. The predicted molar refractivity (Wildman–Crippen MR) is 118 cm³/mol. The number of rotatable bonds is 10. The van der Waals surface area contributed by atoms with Gasteiger partial charge in [-0.1, -0.05) is 32.0 Å². The number of pyridine rings is 1. The van der Waals surface area contributed by atoms with E-state index in [2.05, 4.69) is 9.72 Å². The lowest BCUT2D eigenvalue weighted by Crippen LogP contribution is -2.09. The van der Waals surface area contributed by atoms with Crippen LogP contribution in [-0.4, -0.2) is 35.2 Å². The zero-order valence-electron chi connectivity index (χ0n) is 18.3. The van der Waals surface area contributed by atoms with E-state index in [9.17, 15) is 13.6 Å². The Morgan fingerprint density at radius 3 is 2.69 bits per heavy atom. The molecule has 170 valence electrons. The Bertz CT molecular complexity index is 1090. The molecule has 3 aromatic rings. The molecule has 0 amide bonds. The van der Waals surface area contributed by atoms with Crippen molar-refractivity contribution >= 4 is 23.8 Å². The molecule has 0 N–H and O–H groups in total. The molecular weight excluding hydrogens is 418 g/mol. The van der Waals surface area contributed by atoms with Crippen LogP contribution in [0.4, 0.5) is 8.78 Å². The van der Waals surface area contributed by atoms with Crippen molar-refractivity contribution in [3.8, 4) is 11.5 Å². The number of nitrogens with zero attached hydrogens (tertiary/aromatic N) is 2. The van der Waals surface area contributed by atoms with Crippen molar-refractivity contribution in [2.24, 2.45) is 5.92 Å². The fraction of sp³-hybridized carbons (Fsp3) is 0.333. The Labute approximate surface area is 185 Å². The van der Waals surface area contributed by atoms with Crippen LogP contribution < -0.4 is 9.47 Å². The molecular formula is C24H26F2N2O4. The second-order valence-corrected chi connectivity index (χ2v) is 7.41. The number of halogens is 2. The van der Waals surface area contributed by atoms with Crippen LogP contribution in [0, 0.1) is 5.92 Å². The second-order valence-electron chi connectivity index (χ2n) is 7.41. The number of hydrogen-bond donors (Lipinski definition) is 0. The number of imidazole rings is 1. The SMILES string of the molecule is CCOC(=O)c1c(/C=C/c2cccc(OC(F)F)c2OCCC(C)C)nc2ccccn12. The molecule has 8 heteroatoms.